The Morgan fingerprint density at radius 1 is 1.16 bits per heavy atom. The number of benzene rings is 3. The van der Waals surface area contributed by atoms with Gasteiger partial charge in [0.1, 0.15) is 24.3 Å². The van der Waals surface area contributed by atoms with Gasteiger partial charge in [0.25, 0.3) is 0 Å². The molecule has 0 fully saturated rings. The lowest BCUT2D eigenvalue weighted by Crippen LogP contribution is -2.36. The molecule has 0 aliphatic carbocycles. The minimum atomic E-state index is -0.783. The van der Waals surface area contributed by atoms with Crippen LogP contribution in [0.15, 0.2) is 79.1 Å². The number of halogens is 2. The molecule has 2 heterocycles. The number of H-pyrrole nitrogens is 1. The molecule has 5 rings (SSSR count). The smallest absolute Gasteiger partial charge is 0.123 e. The normalized spacial score (nSPS) is 16.2. The van der Waals surface area contributed by atoms with E-state index < -0.39 is 6.10 Å². The van der Waals surface area contributed by atoms with Crippen LogP contribution in [0.5, 0.6) is 5.75 Å². The van der Waals surface area contributed by atoms with E-state index in [2.05, 4.69) is 9.88 Å². The van der Waals surface area contributed by atoms with Crippen molar-refractivity contribution in [1.82, 2.24) is 9.99 Å². The maximum Gasteiger partial charge on any atom is 0.123 e. The van der Waals surface area contributed by atoms with Gasteiger partial charge in [-0.2, -0.15) is 0 Å². The Balaban J connectivity index is 1.44. The molecule has 3 aromatic carbocycles. The third-order valence-corrected chi connectivity index (χ3v) is 6.82. The second kappa shape index (κ2) is 10.7. The maximum atomic E-state index is 13.7. The summed E-state index contributed by atoms with van der Waals surface area (Å²) >= 11 is 6.31. The van der Waals surface area contributed by atoms with Crippen molar-refractivity contribution in [2.45, 2.75) is 18.6 Å². The standard InChI is InChI=1S/C28H29ClFN5O2/c29-19-3-10-26-25(15-19)24-11-13-35(21-6-4-20(30)5-7-21)28(27(24)33-26)18-1-8-23(9-2-18)37-17-22(36)16-34(32)14-12-31/h1-10,12,14-15,22,28,33,36H,11,13,16-17,31-32H2/b14-12-. The molecule has 192 valence electrons. The van der Waals surface area contributed by atoms with Crippen LogP contribution in [0.2, 0.25) is 5.02 Å². The Bertz CT molecular complexity index is 1390. The highest BCUT2D eigenvalue weighted by molar-refractivity contribution is 6.31. The van der Waals surface area contributed by atoms with Crippen molar-refractivity contribution in [3.05, 3.63) is 107 Å². The Labute approximate surface area is 219 Å². The number of nitrogens with one attached hydrogen (secondary N) is 1. The van der Waals surface area contributed by atoms with Gasteiger partial charge < -0.3 is 30.5 Å². The topological polar surface area (TPSA) is 104 Å². The molecule has 0 amide bonds. The molecule has 1 aromatic heterocycles. The second-order valence-corrected chi connectivity index (χ2v) is 9.54. The van der Waals surface area contributed by atoms with E-state index in [1.54, 1.807) is 0 Å². The van der Waals surface area contributed by atoms with E-state index in [-0.39, 0.29) is 25.0 Å². The van der Waals surface area contributed by atoms with Crippen molar-refractivity contribution in [2.75, 3.05) is 24.6 Å². The zero-order valence-electron chi connectivity index (χ0n) is 20.1. The van der Waals surface area contributed by atoms with Gasteiger partial charge >= 0.3 is 0 Å². The van der Waals surface area contributed by atoms with Crippen molar-refractivity contribution in [1.29, 1.82) is 0 Å². The van der Waals surface area contributed by atoms with Gasteiger partial charge in [0.15, 0.2) is 0 Å². The fraction of sp³-hybridized carbons (Fsp3) is 0.214. The van der Waals surface area contributed by atoms with E-state index in [1.807, 2.05) is 54.6 Å². The van der Waals surface area contributed by atoms with Gasteiger partial charge in [-0.1, -0.05) is 23.7 Å². The van der Waals surface area contributed by atoms with Crippen LogP contribution in [-0.4, -0.2) is 40.9 Å². The summed E-state index contributed by atoms with van der Waals surface area (Å²) in [6.07, 6.45) is 2.83. The van der Waals surface area contributed by atoms with Crippen LogP contribution in [0.4, 0.5) is 10.1 Å². The molecule has 0 radical (unpaired) electrons. The highest BCUT2D eigenvalue weighted by Gasteiger charge is 2.32. The lowest BCUT2D eigenvalue weighted by molar-refractivity contribution is 0.0819. The first-order valence-corrected chi connectivity index (χ1v) is 12.4. The predicted molar refractivity (Wildman–Crippen MR) is 145 cm³/mol. The summed E-state index contributed by atoms with van der Waals surface area (Å²) in [5.41, 5.74) is 10.7. The zero-order valence-corrected chi connectivity index (χ0v) is 20.9. The van der Waals surface area contributed by atoms with E-state index in [1.165, 1.54) is 35.1 Å². The third kappa shape index (κ3) is 5.36. The number of hydrogen-bond acceptors (Lipinski definition) is 6. The van der Waals surface area contributed by atoms with E-state index in [9.17, 15) is 9.50 Å². The highest BCUT2D eigenvalue weighted by atomic mass is 35.5. The van der Waals surface area contributed by atoms with Crippen LogP contribution in [0.25, 0.3) is 10.9 Å². The van der Waals surface area contributed by atoms with Crippen LogP contribution in [0, 0.1) is 5.82 Å². The summed E-state index contributed by atoms with van der Waals surface area (Å²) in [6.45, 7) is 1.04. The first kappa shape index (κ1) is 25.0. The molecule has 37 heavy (non-hydrogen) atoms. The monoisotopic (exact) mass is 521 g/mol. The van der Waals surface area contributed by atoms with Crippen LogP contribution in [0.1, 0.15) is 22.9 Å². The molecular formula is C28H29ClFN5O2. The Kier molecular flexibility index (Phi) is 7.23. The largest absolute Gasteiger partial charge is 0.491 e. The Morgan fingerprint density at radius 3 is 2.65 bits per heavy atom. The first-order valence-electron chi connectivity index (χ1n) is 12.1. The quantitative estimate of drug-likeness (QED) is 0.202. The molecule has 9 heteroatoms. The number of fused-ring (bicyclic) bond motifs is 3. The van der Waals surface area contributed by atoms with E-state index >= 15 is 0 Å². The molecule has 6 N–H and O–H groups in total. The van der Waals surface area contributed by atoms with Gasteiger partial charge in [-0.25, -0.2) is 10.2 Å². The Morgan fingerprint density at radius 2 is 1.92 bits per heavy atom. The maximum absolute atomic E-state index is 13.7. The average molecular weight is 522 g/mol. The van der Waals surface area contributed by atoms with E-state index in [0.29, 0.717) is 10.8 Å². The van der Waals surface area contributed by atoms with Crippen molar-refractivity contribution in [3.63, 3.8) is 0 Å². The minimum Gasteiger partial charge on any atom is -0.491 e. The predicted octanol–water partition coefficient (Wildman–Crippen LogP) is 4.46. The van der Waals surface area contributed by atoms with Crippen molar-refractivity contribution in [2.24, 2.45) is 11.6 Å². The SMILES string of the molecule is N/C=C\N(N)CC(O)COc1ccc(C2c3[nH]c4ccc(Cl)cc4c3CCN2c2ccc(F)cc2)cc1. The van der Waals surface area contributed by atoms with Gasteiger partial charge in [-0.05, 0) is 72.1 Å². The third-order valence-electron chi connectivity index (χ3n) is 6.58. The Hall–Kier alpha value is -3.72. The number of hydrazine groups is 1. The fourth-order valence-corrected chi connectivity index (χ4v) is 5.10. The first-order chi connectivity index (χ1) is 17.9. The van der Waals surface area contributed by atoms with Crippen molar-refractivity contribution < 1.29 is 14.2 Å². The van der Waals surface area contributed by atoms with Crippen LogP contribution in [0.3, 0.4) is 0 Å². The summed E-state index contributed by atoms with van der Waals surface area (Å²) < 4.78 is 19.5. The number of anilines is 1. The van der Waals surface area contributed by atoms with Crippen molar-refractivity contribution in [3.8, 4) is 5.75 Å². The van der Waals surface area contributed by atoms with Gasteiger partial charge in [0, 0.05) is 46.3 Å². The van der Waals surface area contributed by atoms with Gasteiger partial charge in [0.2, 0.25) is 0 Å². The van der Waals surface area contributed by atoms with Crippen LogP contribution >= 0.6 is 11.6 Å². The molecule has 2 unspecified atom stereocenters. The zero-order chi connectivity index (χ0) is 25.9. The number of ether oxygens (including phenoxy) is 1. The average Bonchev–Trinajstić information content (AvgIpc) is 3.26. The van der Waals surface area contributed by atoms with Crippen molar-refractivity contribution >= 4 is 28.2 Å². The number of rotatable bonds is 8. The molecule has 1 aliphatic heterocycles. The van der Waals surface area contributed by atoms with Gasteiger partial charge in [0.05, 0.1) is 12.6 Å². The van der Waals surface area contributed by atoms with Crippen LogP contribution in [-0.2, 0) is 6.42 Å². The molecule has 2 atom stereocenters. The highest BCUT2D eigenvalue weighted by Crippen LogP contribution is 2.41. The number of nitrogens with two attached hydrogens (primary N) is 2. The van der Waals surface area contributed by atoms with Gasteiger partial charge in [-0.15, -0.1) is 0 Å². The number of aromatic amines is 1. The number of aliphatic hydroxyl groups excluding tert-OH is 1. The molecule has 0 spiro atoms. The fourth-order valence-electron chi connectivity index (χ4n) is 4.92. The number of aliphatic hydroxyl groups is 1. The lowest BCUT2D eigenvalue weighted by Gasteiger charge is -2.38. The molecule has 7 nitrogen and oxygen atoms in total. The van der Waals surface area contributed by atoms with E-state index in [4.69, 9.17) is 27.9 Å². The summed E-state index contributed by atoms with van der Waals surface area (Å²) in [5, 5.41) is 13.3. The summed E-state index contributed by atoms with van der Waals surface area (Å²) in [7, 11) is 0. The van der Waals surface area contributed by atoms with Gasteiger partial charge in [-0.3, -0.25) is 0 Å². The van der Waals surface area contributed by atoms with Crippen LogP contribution < -0.4 is 21.2 Å². The molecule has 0 saturated carbocycles. The summed E-state index contributed by atoms with van der Waals surface area (Å²) in [6, 6.07) is 20.2. The molecule has 4 aromatic rings. The minimum absolute atomic E-state index is 0.0868. The second-order valence-electron chi connectivity index (χ2n) is 9.10. The summed E-state index contributed by atoms with van der Waals surface area (Å²) in [4.78, 5) is 5.89. The summed E-state index contributed by atoms with van der Waals surface area (Å²) in [5.74, 6) is 6.08. The molecule has 0 bridgehead atoms. The number of aromatic nitrogens is 1. The lowest BCUT2D eigenvalue weighted by atomic mass is 9.91. The molecular weight excluding hydrogens is 493 g/mol. The number of nitrogens with zero attached hydrogens (tertiary/aromatic N) is 2. The molecule has 0 saturated heterocycles. The molecule has 1 aliphatic rings. The number of hydrogen-bond donors (Lipinski definition) is 4. The van der Waals surface area contributed by atoms with E-state index in [0.717, 1.165) is 40.8 Å².